The molecule has 0 amide bonds. The third-order valence-corrected chi connectivity index (χ3v) is 10.2. The lowest BCUT2D eigenvalue weighted by atomic mass is 9.88. The van der Waals surface area contributed by atoms with Crippen LogP contribution in [0, 0.1) is 0 Å². The number of hydrogen-bond donors (Lipinski definition) is 0. The summed E-state index contributed by atoms with van der Waals surface area (Å²) in [7, 11) is 0. The van der Waals surface area contributed by atoms with E-state index < -0.39 is 0 Å². The first-order valence-corrected chi connectivity index (χ1v) is 17.6. The van der Waals surface area contributed by atoms with Gasteiger partial charge >= 0.3 is 0 Å². The van der Waals surface area contributed by atoms with Gasteiger partial charge in [0, 0.05) is 63.5 Å². The smallest absolute Gasteiger partial charge is 0.137 e. The Kier molecular flexibility index (Phi) is 6.67. The Labute approximate surface area is 300 Å². The summed E-state index contributed by atoms with van der Waals surface area (Å²) in [5.74, 6) is 2.40. The average molecular weight is 678 g/mol. The van der Waals surface area contributed by atoms with Gasteiger partial charge in [-0.05, 0) is 77.7 Å². The number of nitrogens with zero attached hydrogens (tertiary/aromatic N) is 5. The maximum absolute atomic E-state index is 6.63. The molecule has 0 saturated heterocycles. The van der Waals surface area contributed by atoms with E-state index in [1.54, 1.807) is 0 Å². The summed E-state index contributed by atoms with van der Waals surface area (Å²) < 4.78 is 15.1. The fraction of sp³-hybridized carbons (Fsp3) is 0.111. The van der Waals surface area contributed by atoms with E-state index in [-0.39, 0.29) is 5.41 Å². The molecule has 0 atom stereocenters. The summed E-state index contributed by atoms with van der Waals surface area (Å²) in [5.41, 5.74) is 9.34. The molecule has 52 heavy (non-hydrogen) atoms. The third-order valence-electron chi connectivity index (χ3n) is 10.2. The van der Waals surface area contributed by atoms with Crippen LogP contribution in [0.1, 0.15) is 26.3 Å². The highest BCUT2D eigenvalue weighted by atomic mass is 16.5. The molecule has 0 fully saturated rings. The second kappa shape index (κ2) is 11.5. The number of rotatable bonds is 5. The molecule has 0 unspecified atom stereocenters. The third kappa shape index (κ3) is 4.88. The van der Waals surface area contributed by atoms with Crippen LogP contribution in [-0.2, 0) is 5.41 Å². The molecule has 5 aromatic carbocycles. The number of furan rings is 1. The van der Waals surface area contributed by atoms with Gasteiger partial charge in [0.25, 0.3) is 0 Å². The van der Waals surface area contributed by atoms with Crippen molar-refractivity contribution < 1.29 is 9.15 Å². The molecule has 1 aliphatic heterocycles. The number of fused-ring (bicyclic) bond motifs is 7. The fourth-order valence-electron chi connectivity index (χ4n) is 7.55. The molecule has 0 N–H and O–H groups in total. The molecule has 0 aliphatic carbocycles. The molecule has 0 radical (unpaired) electrons. The van der Waals surface area contributed by atoms with Gasteiger partial charge in [-0.1, -0.05) is 63.2 Å². The lowest BCUT2D eigenvalue weighted by Gasteiger charge is -2.22. The van der Waals surface area contributed by atoms with Gasteiger partial charge in [-0.15, -0.1) is 0 Å². The monoisotopic (exact) mass is 677 g/mol. The standard InChI is InChI=1S/C45H35N5O2/c1-45(2,3)29-19-22-47-44(23-29)50-38-13-6-4-11-34(38)35-18-16-33(26-40(35)50)51-32-10-8-9-30(24-32)49-28-48(39-20-21-46-27-41(39)49)31-15-17-37-36-12-5-7-14-42(36)52-43(37)25-31/h4-27H,28H2,1-3H3. The molecule has 0 bridgehead atoms. The van der Waals surface area contributed by atoms with Crippen LogP contribution in [0.15, 0.2) is 150 Å². The second-order valence-electron chi connectivity index (χ2n) is 14.4. The summed E-state index contributed by atoms with van der Waals surface area (Å²) in [6.45, 7) is 7.30. The molecular weight excluding hydrogens is 643 g/mol. The van der Waals surface area contributed by atoms with Crippen molar-refractivity contribution in [1.29, 1.82) is 0 Å². The van der Waals surface area contributed by atoms with E-state index in [1.165, 1.54) is 10.9 Å². The highest BCUT2D eigenvalue weighted by molar-refractivity contribution is 6.09. The SMILES string of the molecule is CC(C)(C)c1ccnc(-n2c3ccccc3c3ccc(Oc4cccc(N5CN(c6ccc7c(c6)oc6ccccc67)c6ccncc65)c4)cc32)c1. The van der Waals surface area contributed by atoms with E-state index in [2.05, 4.69) is 137 Å². The predicted octanol–water partition coefficient (Wildman–Crippen LogP) is 11.8. The Hall–Kier alpha value is -6.60. The number of anilines is 4. The van der Waals surface area contributed by atoms with Crippen LogP contribution < -0.4 is 14.5 Å². The van der Waals surface area contributed by atoms with Gasteiger partial charge in [0.05, 0.1) is 28.6 Å². The molecule has 252 valence electrons. The maximum Gasteiger partial charge on any atom is 0.137 e. The molecule has 4 aromatic heterocycles. The number of pyridine rings is 2. The maximum atomic E-state index is 6.63. The Morgan fingerprint density at radius 3 is 2.25 bits per heavy atom. The van der Waals surface area contributed by atoms with E-state index in [0.717, 1.165) is 78.4 Å². The first-order valence-electron chi connectivity index (χ1n) is 17.6. The van der Waals surface area contributed by atoms with Gasteiger partial charge in [-0.25, -0.2) is 4.98 Å². The van der Waals surface area contributed by atoms with E-state index in [9.17, 15) is 0 Å². The van der Waals surface area contributed by atoms with E-state index in [1.807, 2.05) is 48.9 Å². The number of ether oxygens (including phenoxy) is 1. The Bertz CT molecular complexity index is 2830. The van der Waals surface area contributed by atoms with Crippen molar-refractivity contribution in [3.63, 3.8) is 0 Å². The zero-order valence-corrected chi connectivity index (χ0v) is 29.1. The van der Waals surface area contributed by atoms with E-state index >= 15 is 0 Å². The summed E-state index contributed by atoms with van der Waals surface area (Å²) in [6, 6.07) is 44.1. The van der Waals surface area contributed by atoms with Crippen molar-refractivity contribution in [2.24, 2.45) is 0 Å². The molecule has 7 nitrogen and oxygen atoms in total. The lowest BCUT2D eigenvalue weighted by Crippen LogP contribution is -2.23. The summed E-state index contributed by atoms with van der Waals surface area (Å²) in [4.78, 5) is 13.9. The molecule has 0 saturated carbocycles. The Morgan fingerprint density at radius 2 is 1.35 bits per heavy atom. The fourth-order valence-corrected chi connectivity index (χ4v) is 7.55. The summed E-state index contributed by atoms with van der Waals surface area (Å²) in [6.07, 6.45) is 5.68. The molecule has 1 aliphatic rings. The van der Waals surface area contributed by atoms with Crippen molar-refractivity contribution in [2.75, 3.05) is 16.5 Å². The largest absolute Gasteiger partial charge is 0.457 e. The normalized spacial score (nSPS) is 13.1. The molecular formula is C45H35N5O2. The first kappa shape index (κ1) is 30.2. The van der Waals surface area contributed by atoms with Gasteiger partial charge in [0.15, 0.2) is 0 Å². The van der Waals surface area contributed by atoms with E-state index in [4.69, 9.17) is 14.1 Å². The molecule has 9 aromatic rings. The van der Waals surface area contributed by atoms with Crippen LogP contribution in [0.5, 0.6) is 11.5 Å². The molecule has 7 heteroatoms. The number of hydrogen-bond acceptors (Lipinski definition) is 6. The van der Waals surface area contributed by atoms with Gasteiger partial charge in [0.1, 0.15) is 35.2 Å². The molecule has 0 spiro atoms. The zero-order valence-electron chi connectivity index (χ0n) is 29.1. The summed E-state index contributed by atoms with van der Waals surface area (Å²) >= 11 is 0. The van der Waals surface area contributed by atoms with Crippen LogP contribution in [0.4, 0.5) is 22.7 Å². The zero-order chi connectivity index (χ0) is 35.0. The van der Waals surface area contributed by atoms with Crippen LogP contribution >= 0.6 is 0 Å². The van der Waals surface area contributed by atoms with Gasteiger partial charge in [-0.3, -0.25) is 9.55 Å². The lowest BCUT2D eigenvalue weighted by molar-refractivity contribution is 0.483. The van der Waals surface area contributed by atoms with Gasteiger partial charge < -0.3 is 19.0 Å². The average Bonchev–Trinajstić information content (AvgIpc) is 3.84. The molecule has 5 heterocycles. The highest BCUT2D eigenvalue weighted by Crippen LogP contribution is 2.45. The second-order valence-corrected chi connectivity index (χ2v) is 14.4. The Morgan fingerprint density at radius 1 is 0.596 bits per heavy atom. The number of aromatic nitrogens is 3. The van der Waals surface area contributed by atoms with Crippen LogP contribution in [-0.4, -0.2) is 21.2 Å². The van der Waals surface area contributed by atoms with Crippen molar-refractivity contribution in [2.45, 2.75) is 26.2 Å². The van der Waals surface area contributed by atoms with Crippen molar-refractivity contribution >= 4 is 66.5 Å². The van der Waals surface area contributed by atoms with Crippen LogP contribution in [0.25, 0.3) is 49.6 Å². The minimum Gasteiger partial charge on any atom is -0.457 e. The minimum absolute atomic E-state index is 0.000809. The van der Waals surface area contributed by atoms with Crippen molar-refractivity contribution in [3.05, 3.63) is 152 Å². The quantitative estimate of drug-likeness (QED) is 0.181. The number of para-hydroxylation sites is 2. The summed E-state index contributed by atoms with van der Waals surface area (Å²) in [5, 5.41) is 4.57. The van der Waals surface area contributed by atoms with Gasteiger partial charge in [0.2, 0.25) is 0 Å². The highest BCUT2D eigenvalue weighted by Gasteiger charge is 2.29. The minimum atomic E-state index is 0.000809. The van der Waals surface area contributed by atoms with Crippen molar-refractivity contribution in [3.8, 4) is 17.3 Å². The predicted molar refractivity (Wildman–Crippen MR) is 211 cm³/mol. The van der Waals surface area contributed by atoms with Gasteiger partial charge in [-0.2, -0.15) is 0 Å². The van der Waals surface area contributed by atoms with Crippen LogP contribution in [0.3, 0.4) is 0 Å². The first-order chi connectivity index (χ1) is 25.4. The Balaban J connectivity index is 0.997. The van der Waals surface area contributed by atoms with E-state index in [0.29, 0.717) is 6.67 Å². The van der Waals surface area contributed by atoms with Crippen LogP contribution in [0.2, 0.25) is 0 Å². The molecule has 10 rings (SSSR count). The number of benzene rings is 5. The van der Waals surface area contributed by atoms with Crippen molar-refractivity contribution in [1.82, 2.24) is 14.5 Å². The topological polar surface area (TPSA) is 59.6 Å².